The Morgan fingerprint density at radius 2 is 2.15 bits per heavy atom. The third kappa shape index (κ3) is 2.85. The van der Waals surface area contributed by atoms with Crippen LogP contribution in [0.25, 0.3) is 0 Å². The van der Waals surface area contributed by atoms with E-state index in [1.165, 1.54) is 6.07 Å². The predicted octanol–water partition coefficient (Wildman–Crippen LogP) is 2.53. The molecule has 0 radical (unpaired) electrons. The van der Waals surface area contributed by atoms with Crippen molar-refractivity contribution in [2.24, 2.45) is 10.9 Å². The molecule has 1 aromatic carbocycles. The number of aliphatic imine (C=N–C) groups is 1. The number of nitrogens with zero attached hydrogens (tertiary/aromatic N) is 1. The summed E-state index contributed by atoms with van der Waals surface area (Å²) in [4.78, 5) is 16.5. The predicted molar refractivity (Wildman–Crippen MR) is 79.9 cm³/mol. The van der Waals surface area contributed by atoms with Gasteiger partial charge >= 0.3 is 0 Å². The number of guanidine groups is 1. The van der Waals surface area contributed by atoms with E-state index in [4.69, 9.17) is 0 Å². The molecule has 1 atom stereocenters. The Bertz CT molecular complexity index is 574. The second kappa shape index (κ2) is 5.52. The molecular formula is C14H17BrFN3O. The molecule has 1 amide bonds. The number of amides is 1. The van der Waals surface area contributed by atoms with Gasteiger partial charge in [0.15, 0.2) is 5.96 Å². The Kier molecular flexibility index (Phi) is 4.13. The lowest BCUT2D eigenvalue weighted by Crippen LogP contribution is -2.40. The van der Waals surface area contributed by atoms with Gasteiger partial charge in [-0.05, 0) is 46.5 Å². The molecule has 1 unspecified atom stereocenters. The van der Waals surface area contributed by atoms with Crippen molar-refractivity contribution in [3.05, 3.63) is 34.1 Å². The van der Waals surface area contributed by atoms with Crippen LogP contribution in [0, 0.1) is 11.7 Å². The van der Waals surface area contributed by atoms with Crippen LogP contribution in [0.3, 0.4) is 0 Å². The molecule has 0 bridgehead atoms. The largest absolute Gasteiger partial charge is 0.338 e. The summed E-state index contributed by atoms with van der Waals surface area (Å²) >= 11 is 3.14. The molecule has 20 heavy (non-hydrogen) atoms. The summed E-state index contributed by atoms with van der Waals surface area (Å²) in [5.41, 5.74) is -0.260. The fourth-order valence-corrected chi connectivity index (χ4v) is 2.30. The average Bonchev–Trinajstić information content (AvgIpc) is 2.67. The molecule has 0 saturated carbocycles. The molecule has 4 nitrogen and oxygen atoms in total. The van der Waals surface area contributed by atoms with Crippen molar-refractivity contribution in [2.75, 3.05) is 6.54 Å². The molecule has 1 aliphatic rings. The Morgan fingerprint density at radius 3 is 2.75 bits per heavy atom. The van der Waals surface area contributed by atoms with E-state index in [-0.39, 0.29) is 11.7 Å². The van der Waals surface area contributed by atoms with Crippen molar-refractivity contribution in [3.8, 4) is 0 Å². The smallest absolute Gasteiger partial charge is 0.256 e. The maximum absolute atomic E-state index is 13.3. The number of benzene rings is 1. The molecule has 1 aromatic rings. The minimum absolute atomic E-state index is 0.196. The number of nitrogens with one attached hydrogen (secondary N) is 2. The second-order valence-electron chi connectivity index (χ2n) is 5.42. The van der Waals surface area contributed by atoms with E-state index < -0.39 is 5.54 Å². The Morgan fingerprint density at radius 1 is 1.45 bits per heavy atom. The van der Waals surface area contributed by atoms with Gasteiger partial charge in [0.1, 0.15) is 11.4 Å². The fraction of sp³-hybridized carbons (Fsp3) is 0.429. The zero-order chi connectivity index (χ0) is 14.9. The van der Waals surface area contributed by atoms with Crippen molar-refractivity contribution in [2.45, 2.75) is 26.3 Å². The highest BCUT2D eigenvalue weighted by Gasteiger charge is 2.42. The van der Waals surface area contributed by atoms with Crippen LogP contribution in [0.4, 0.5) is 4.39 Å². The zero-order valence-electron chi connectivity index (χ0n) is 11.6. The molecule has 1 heterocycles. The first kappa shape index (κ1) is 15.0. The van der Waals surface area contributed by atoms with Crippen LogP contribution < -0.4 is 10.6 Å². The standard InChI is InChI=1S/C14H17BrFN3O/c1-8(2)7-17-13-18-12(20)14(3,19-13)9-4-5-11(16)10(15)6-9/h4-6,8H,7H2,1-3H3,(H2,17,18,19,20). The SMILES string of the molecule is CC(C)CN=C1NC(=O)C(C)(c2ccc(F)c(Br)c2)N1. The maximum atomic E-state index is 13.3. The molecule has 1 saturated heterocycles. The van der Waals surface area contributed by atoms with Gasteiger partial charge in [-0.2, -0.15) is 0 Å². The van der Waals surface area contributed by atoms with Gasteiger partial charge in [0.2, 0.25) is 0 Å². The summed E-state index contributed by atoms with van der Waals surface area (Å²) in [6, 6.07) is 4.54. The first-order valence-corrected chi connectivity index (χ1v) is 7.22. The lowest BCUT2D eigenvalue weighted by atomic mass is 9.92. The molecule has 2 rings (SSSR count). The number of hydrogen-bond acceptors (Lipinski definition) is 2. The molecule has 0 aromatic heterocycles. The minimum atomic E-state index is -0.938. The number of halogens is 2. The third-order valence-corrected chi connectivity index (χ3v) is 3.77. The lowest BCUT2D eigenvalue weighted by molar-refractivity contribution is -0.123. The van der Waals surface area contributed by atoms with E-state index in [0.29, 0.717) is 28.5 Å². The summed E-state index contributed by atoms with van der Waals surface area (Å²) < 4.78 is 13.6. The number of rotatable bonds is 3. The van der Waals surface area contributed by atoms with Crippen molar-refractivity contribution in [1.29, 1.82) is 0 Å². The molecule has 0 spiro atoms. The molecule has 1 aliphatic heterocycles. The van der Waals surface area contributed by atoms with Crippen LogP contribution in [0.2, 0.25) is 0 Å². The van der Waals surface area contributed by atoms with Crippen LogP contribution in [0.1, 0.15) is 26.3 Å². The quantitative estimate of drug-likeness (QED) is 0.887. The zero-order valence-corrected chi connectivity index (χ0v) is 13.2. The molecule has 0 aliphatic carbocycles. The van der Waals surface area contributed by atoms with E-state index in [2.05, 4.69) is 45.4 Å². The second-order valence-corrected chi connectivity index (χ2v) is 6.27. The van der Waals surface area contributed by atoms with E-state index in [1.54, 1.807) is 19.1 Å². The normalized spacial score (nSPS) is 24.1. The minimum Gasteiger partial charge on any atom is -0.338 e. The van der Waals surface area contributed by atoms with Gasteiger partial charge < -0.3 is 5.32 Å². The molecule has 108 valence electrons. The van der Waals surface area contributed by atoms with Crippen LogP contribution in [-0.4, -0.2) is 18.4 Å². The van der Waals surface area contributed by atoms with Gasteiger partial charge in [-0.3, -0.25) is 15.1 Å². The van der Waals surface area contributed by atoms with Crippen LogP contribution in [0.15, 0.2) is 27.7 Å². The first-order valence-electron chi connectivity index (χ1n) is 6.42. The number of hydrogen-bond donors (Lipinski definition) is 2. The highest BCUT2D eigenvalue weighted by atomic mass is 79.9. The van der Waals surface area contributed by atoms with Gasteiger partial charge in [-0.25, -0.2) is 4.39 Å². The monoisotopic (exact) mass is 341 g/mol. The van der Waals surface area contributed by atoms with Gasteiger partial charge in [-0.15, -0.1) is 0 Å². The van der Waals surface area contributed by atoms with Crippen molar-refractivity contribution in [1.82, 2.24) is 10.6 Å². The van der Waals surface area contributed by atoms with Gasteiger partial charge in [-0.1, -0.05) is 19.9 Å². The van der Waals surface area contributed by atoms with Gasteiger partial charge in [0.05, 0.1) is 4.47 Å². The maximum Gasteiger partial charge on any atom is 0.256 e. The van der Waals surface area contributed by atoms with Crippen molar-refractivity contribution >= 4 is 27.8 Å². The number of carbonyl (C=O) groups is 1. The highest BCUT2D eigenvalue weighted by molar-refractivity contribution is 9.10. The average molecular weight is 342 g/mol. The van der Waals surface area contributed by atoms with Crippen LogP contribution in [0.5, 0.6) is 0 Å². The Labute approximate surface area is 126 Å². The van der Waals surface area contributed by atoms with Gasteiger partial charge in [0.25, 0.3) is 5.91 Å². The summed E-state index contributed by atoms with van der Waals surface area (Å²) in [5.74, 6) is 0.322. The molecule has 1 fully saturated rings. The third-order valence-electron chi connectivity index (χ3n) is 3.17. The summed E-state index contributed by atoms with van der Waals surface area (Å²) in [6.07, 6.45) is 0. The first-order chi connectivity index (χ1) is 9.33. The fourth-order valence-electron chi connectivity index (χ4n) is 1.92. The van der Waals surface area contributed by atoms with E-state index in [9.17, 15) is 9.18 Å². The number of carbonyl (C=O) groups excluding carboxylic acids is 1. The topological polar surface area (TPSA) is 53.5 Å². The Balaban J connectivity index is 2.28. The summed E-state index contributed by atoms with van der Waals surface area (Å²) in [5, 5.41) is 5.80. The molecule has 2 N–H and O–H groups in total. The van der Waals surface area contributed by atoms with Crippen molar-refractivity contribution in [3.63, 3.8) is 0 Å². The summed E-state index contributed by atoms with van der Waals surface area (Å²) in [6.45, 7) is 6.49. The summed E-state index contributed by atoms with van der Waals surface area (Å²) in [7, 11) is 0. The van der Waals surface area contributed by atoms with Crippen LogP contribution >= 0.6 is 15.9 Å². The van der Waals surface area contributed by atoms with E-state index >= 15 is 0 Å². The van der Waals surface area contributed by atoms with Crippen LogP contribution in [-0.2, 0) is 10.3 Å². The van der Waals surface area contributed by atoms with Crippen molar-refractivity contribution < 1.29 is 9.18 Å². The van der Waals surface area contributed by atoms with E-state index in [0.717, 1.165) is 0 Å². The molecular weight excluding hydrogens is 325 g/mol. The van der Waals surface area contributed by atoms with Gasteiger partial charge in [0, 0.05) is 6.54 Å². The highest BCUT2D eigenvalue weighted by Crippen LogP contribution is 2.28. The van der Waals surface area contributed by atoms with E-state index in [1.807, 2.05) is 0 Å². The lowest BCUT2D eigenvalue weighted by Gasteiger charge is -2.22. The molecule has 6 heteroatoms. The Hall–Kier alpha value is -1.43.